The molecule has 3 nitrogen and oxygen atoms in total. The Bertz CT molecular complexity index is 174. The molecule has 4 heteroatoms. The minimum atomic E-state index is 1.01. The fourth-order valence-corrected chi connectivity index (χ4v) is 0.508. The number of aryl methyl sites for hydroxylation is 2. The van der Waals surface area contributed by atoms with E-state index in [0.29, 0.717) is 0 Å². The largest absolute Gasteiger partial charge is 0.262 e. The molecule has 0 fully saturated rings. The lowest BCUT2D eigenvalue weighted by Gasteiger charge is -1.88. The van der Waals surface area contributed by atoms with E-state index in [1.165, 1.54) is 0 Å². The van der Waals surface area contributed by atoms with Crippen LogP contribution in [0.4, 0.5) is 0 Å². The fourth-order valence-electron chi connectivity index (χ4n) is 0.508. The summed E-state index contributed by atoms with van der Waals surface area (Å²) in [5, 5.41) is 7.61. The van der Waals surface area contributed by atoms with Gasteiger partial charge in [0, 0.05) is 12.6 Å². The molecule has 0 aliphatic rings. The molecule has 0 aliphatic carbocycles. The second-order valence-electron chi connectivity index (χ2n) is 1.88. The third-order valence-electron chi connectivity index (χ3n) is 1.34. The third-order valence-corrected chi connectivity index (χ3v) is 1.34. The van der Waals surface area contributed by atoms with Gasteiger partial charge in [0.05, 0.1) is 5.69 Å². The van der Waals surface area contributed by atoms with Gasteiger partial charge in [-0.3, -0.25) is 4.68 Å². The molecule has 0 aliphatic heterocycles. The van der Waals surface area contributed by atoms with Crippen LogP contribution in [0.1, 0.15) is 5.69 Å². The maximum absolute atomic E-state index is 3.83. The van der Waals surface area contributed by atoms with Crippen LogP contribution >= 0.6 is 0 Å². The topological polar surface area (TPSA) is 30.7 Å². The van der Waals surface area contributed by atoms with E-state index in [2.05, 4.69) is 10.3 Å². The summed E-state index contributed by atoms with van der Waals surface area (Å²) in [6.45, 7) is 1.95. The Morgan fingerprint density at radius 1 is 1.62 bits per heavy atom. The van der Waals surface area contributed by atoms with Crippen molar-refractivity contribution >= 4 is 13.4 Å². The van der Waals surface area contributed by atoms with Gasteiger partial charge in [-0.15, -0.1) is 5.10 Å². The molecule has 0 atom stereocenters. The zero-order valence-electron chi connectivity index (χ0n) is 5.34. The second-order valence-corrected chi connectivity index (χ2v) is 1.88. The van der Waals surface area contributed by atoms with Crippen molar-refractivity contribution in [2.45, 2.75) is 6.92 Å². The van der Waals surface area contributed by atoms with Crippen LogP contribution in [0, 0.1) is 6.92 Å². The van der Waals surface area contributed by atoms with Crippen molar-refractivity contribution in [1.29, 1.82) is 0 Å². The van der Waals surface area contributed by atoms with E-state index in [1.807, 2.05) is 21.8 Å². The highest BCUT2D eigenvalue weighted by atomic mass is 15.4. The maximum atomic E-state index is 3.83. The van der Waals surface area contributed by atoms with Gasteiger partial charge in [0.1, 0.15) is 0 Å². The maximum Gasteiger partial charge on any atom is 0.166 e. The predicted octanol–water partition coefficient (Wildman–Crippen LogP) is -1.62. The number of aromatic nitrogens is 3. The molecule has 0 N–H and O–H groups in total. The standard InChI is InChI=1S/C4H8BN3/c1-3-4(5)8(2)7-6-3/h5H2,1-2H3. The normalized spacial score (nSPS) is 9.75. The van der Waals surface area contributed by atoms with E-state index >= 15 is 0 Å². The van der Waals surface area contributed by atoms with Crippen LogP contribution in [-0.4, -0.2) is 22.8 Å². The van der Waals surface area contributed by atoms with Crippen molar-refractivity contribution in [2.24, 2.45) is 7.05 Å². The molecule has 0 unspecified atom stereocenters. The number of hydrogen-bond donors (Lipinski definition) is 0. The Morgan fingerprint density at radius 2 is 2.25 bits per heavy atom. The molecule has 42 valence electrons. The molecule has 1 aromatic heterocycles. The summed E-state index contributed by atoms with van der Waals surface area (Å²) in [5.41, 5.74) is 2.14. The Hall–Kier alpha value is -0.795. The van der Waals surface area contributed by atoms with E-state index in [-0.39, 0.29) is 0 Å². The van der Waals surface area contributed by atoms with Crippen molar-refractivity contribution in [3.05, 3.63) is 5.69 Å². The highest BCUT2D eigenvalue weighted by Gasteiger charge is 1.95. The molecule has 8 heavy (non-hydrogen) atoms. The van der Waals surface area contributed by atoms with Crippen molar-refractivity contribution in [2.75, 3.05) is 0 Å². The van der Waals surface area contributed by atoms with Crippen LogP contribution in [0.5, 0.6) is 0 Å². The highest BCUT2D eigenvalue weighted by Crippen LogP contribution is 1.77. The summed E-state index contributed by atoms with van der Waals surface area (Å²) < 4.78 is 1.76. The molecular formula is C4H8BN3. The molecule has 1 aromatic rings. The quantitative estimate of drug-likeness (QED) is 0.375. The van der Waals surface area contributed by atoms with E-state index in [0.717, 1.165) is 11.3 Å². The first-order chi connectivity index (χ1) is 3.72. The molecule has 0 saturated heterocycles. The first kappa shape index (κ1) is 5.34. The van der Waals surface area contributed by atoms with Crippen molar-refractivity contribution in [3.8, 4) is 0 Å². The molecule has 0 aromatic carbocycles. The molecule has 1 rings (SSSR count). The molecular weight excluding hydrogens is 101 g/mol. The molecule has 0 bridgehead atoms. The van der Waals surface area contributed by atoms with Crippen LogP contribution in [-0.2, 0) is 7.05 Å². The summed E-state index contributed by atoms with van der Waals surface area (Å²) >= 11 is 0. The van der Waals surface area contributed by atoms with Crippen molar-refractivity contribution < 1.29 is 0 Å². The van der Waals surface area contributed by atoms with Crippen molar-refractivity contribution in [3.63, 3.8) is 0 Å². The van der Waals surface area contributed by atoms with Crippen LogP contribution in [0.2, 0.25) is 0 Å². The van der Waals surface area contributed by atoms with Crippen LogP contribution in [0.3, 0.4) is 0 Å². The summed E-state index contributed by atoms with van der Waals surface area (Å²) in [4.78, 5) is 0. The molecule has 0 radical (unpaired) electrons. The SMILES string of the molecule is Bc1c(C)nnn1C. The van der Waals surface area contributed by atoms with Gasteiger partial charge >= 0.3 is 0 Å². The van der Waals surface area contributed by atoms with Gasteiger partial charge in [-0.2, -0.15) is 0 Å². The lowest BCUT2D eigenvalue weighted by Crippen LogP contribution is -2.16. The van der Waals surface area contributed by atoms with Gasteiger partial charge < -0.3 is 0 Å². The monoisotopic (exact) mass is 109 g/mol. The van der Waals surface area contributed by atoms with E-state index in [1.54, 1.807) is 4.68 Å². The smallest absolute Gasteiger partial charge is 0.166 e. The third kappa shape index (κ3) is 0.618. The average Bonchev–Trinajstić information content (AvgIpc) is 1.98. The van der Waals surface area contributed by atoms with Gasteiger partial charge in [0.25, 0.3) is 0 Å². The molecule has 0 spiro atoms. The highest BCUT2D eigenvalue weighted by molar-refractivity contribution is 6.31. The Labute approximate surface area is 49.1 Å². The number of nitrogens with zero attached hydrogens (tertiary/aromatic N) is 3. The zero-order chi connectivity index (χ0) is 6.15. The Kier molecular flexibility index (Phi) is 1.08. The number of rotatable bonds is 0. The lowest BCUT2D eigenvalue weighted by atomic mass is 10.0. The first-order valence-electron chi connectivity index (χ1n) is 2.54. The Balaban J connectivity index is 3.19. The second kappa shape index (κ2) is 1.61. The van der Waals surface area contributed by atoms with Crippen molar-refractivity contribution in [1.82, 2.24) is 15.0 Å². The van der Waals surface area contributed by atoms with E-state index in [9.17, 15) is 0 Å². The van der Waals surface area contributed by atoms with Crippen LogP contribution < -0.4 is 5.59 Å². The van der Waals surface area contributed by atoms with Gasteiger partial charge in [0.15, 0.2) is 7.85 Å². The predicted molar refractivity (Wildman–Crippen MR) is 33.9 cm³/mol. The summed E-state index contributed by atoms with van der Waals surface area (Å²) in [7, 11) is 3.88. The Morgan fingerprint density at radius 3 is 2.38 bits per heavy atom. The first-order valence-corrected chi connectivity index (χ1v) is 2.54. The number of hydrogen-bond acceptors (Lipinski definition) is 2. The van der Waals surface area contributed by atoms with Crippen LogP contribution in [0.15, 0.2) is 0 Å². The molecule has 0 saturated carbocycles. The molecule has 0 amide bonds. The minimum absolute atomic E-state index is 1.01. The van der Waals surface area contributed by atoms with E-state index < -0.39 is 0 Å². The fraction of sp³-hybridized carbons (Fsp3) is 0.500. The lowest BCUT2D eigenvalue weighted by molar-refractivity contribution is 0.728. The summed E-state index contributed by atoms with van der Waals surface area (Å²) in [6, 6.07) is 0. The van der Waals surface area contributed by atoms with E-state index in [4.69, 9.17) is 0 Å². The zero-order valence-corrected chi connectivity index (χ0v) is 5.34. The summed E-state index contributed by atoms with van der Waals surface area (Å²) in [6.07, 6.45) is 0. The summed E-state index contributed by atoms with van der Waals surface area (Å²) in [5.74, 6) is 0. The minimum Gasteiger partial charge on any atom is -0.262 e. The average molecular weight is 109 g/mol. The molecule has 1 heterocycles. The van der Waals surface area contributed by atoms with Gasteiger partial charge in [-0.1, -0.05) is 5.21 Å². The van der Waals surface area contributed by atoms with Gasteiger partial charge in [-0.25, -0.2) is 0 Å². The van der Waals surface area contributed by atoms with Gasteiger partial charge in [-0.05, 0) is 6.92 Å². The van der Waals surface area contributed by atoms with Gasteiger partial charge in [0.2, 0.25) is 0 Å². The van der Waals surface area contributed by atoms with Crippen LogP contribution in [0.25, 0.3) is 0 Å².